The number of nitrogens with one attached hydrogen (secondary N) is 1. The Bertz CT molecular complexity index is 466. The summed E-state index contributed by atoms with van der Waals surface area (Å²) in [7, 11) is 3.98. The molecule has 4 heteroatoms. The Kier molecular flexibility index (Phi) is 6.70. The molecule has 0 aromatic carbocycles. The Morgan fingerprint density at radius 2 is 1.90 bits per heavy atom. The molecule has 0 amide bonds. The number of rotatable bonds is 7. The van der Waals surface area contributed by atoms with E-state index in [-0.39, 0.29) is 0 Å². The van der Waals surface area contributed by atoms with Crippen LogP contribution >= 0.6 is 21.6 Å². The van der Waals surface area contributed by atoms with Crippen molar-refractivity contribution in [1.82, 2.24) is 0 Å². The number of aryl methyl sites for hydroxylation is 2. The Labute approximate surface area is 130 Å². The van der Waals surface area contributed by atoms with Crippen LogP contribution in [-0.4, -0.2) is 24.6 Å². The van der Waals surface area contributed by atoms with Gasteiger partial charge in [-0.2, -0.15) is 0 Å². The zero-order valence-electron chi connectivity index (χ0n) is 12.3. The van der Waals surface area contributed by atoms with E-state index in [9.17, 15) is 0 Å². The monoisotopic (exact) mass is 308 g/mol. The van der Waals surface area contributed by atoms with Gasteiger partial charge in [0.1, 0.15) is 6.54 Å². The lowest BCUT2D eigenvalue weighted by atomic mass is 10.2. The summed E-state index contributed by atoms with van der Waals surface area (Å²) in [5, 5.41) is 0. The molecule has 0 bridgehead atoms. The van der Waals surface area contributed by atoms with E-state index in [1.165, 1.54) is 29.2 Å². The van der Waals surface area contributed by atoms with E-state index >= 15 is 0 Å². The molecule has 0 aliphatic carbocycles. The number of hydrogen-bond acceptors (Lipinski definition) is 2. The highest BCUT2D eigenvalue weighted by Crippen LogP contribution is 2.19. The molecule has 0 spiro atoms. The number of hydrogen-bond donors (Lipinski definition) is 1. The third kappa shape index (κ3) is 5.73. The highest BCUT2D eigenvalue weighted by atomic mass is 33.1. The van der Waals surface area contributed by atoms with E-state index in [1.54, 1.807) is 4.90 Å². The van der Waals surface area contributed by atoms with Crippen LogP contribution in [0.5, 0.6) is 0 Å². The molecule has 2 heterocycles. The molecular formula is C16H24N2S2+2. The van der Waals surface area contributed by atoms with Crippen LogP contribution in [-0.2, 0) is 6.54 Å². The van der Waals surface area contributed by atoms with Crippen LogP contribution in [0.1, 0.15) is 12.5 Å². The van der Waals surface area contributed by atoms with Crippen molar-refractivity contribution in [2.45, 2.75) is 20.4 Å². The summed E-state index contributed by atoms with van der Waals surface area (Å²) < 4.78 is 2.26. The molecule has 0 fully saturated rings. The fourth-order valence-electron chi connectivity index (χ4n) is 1.98. The van der Waals surface area contributed by atoms with E-state index in [1.807, 2.05) is 21.6 Å². The first-order chi connectivity index (χ1) is 9.74. The molecule has 20 heavy (non-hydrogen) atoms. The van der Waals surface area contributed by atoms with Gasteiger partial charge in [0.05, 0.1) is 24.3 Å². The molecule has 2 rings (SSSR count). The fourth-order valence-corrected chi connectivity index (χ4v) is 4.02. The van der Waals surface area contributed by atoms with Gasteiger partial charge in [0, 0.05) is 12.1 Å². The molecule has 0 saturated carbocycles. The molecule has 1 aromatic heterocycles. The van der Waals surface area contributed by atoms with Crippen LogP contribution in [0.15, 0.2) is 48.5 Å². The smallest absolute Gasteiger partial charge is 0.169 e. The first-order valence-electron chi connectivity index (χ1n) is 7.14. The molecule has 1 aliphatic rings. The summed E-state index contributed by atoms with van der Waals surface area (Å²) in [6, 6.07) is 4.33. The lowest BCUT2D eigenvalue weighted by molar-refractivity contribution is -0.838. The van der Waals surface area contributed by atoms with Crippen LogP contribution in [0.3, 0.4) is 0 Å². The lowest BCUT2D eigenvalue weighted by Crippen LogP contribution is -3.08. The minimum absolute atomic E-state index is 1.09. The normalized spacial score (nSPS) is 18.1. The Hall–Kier alpha value is -0.710. The van der Waals surface area contributed by atoms with Gasteiger partial charge in [-0.1, -0.05) is 21.6 Å². The number of nitrogens with zero attached hydrogens (tertiary/aromatic N) is 1. The molecule has 1 N–H and O–H groups in total. The number of aromatic nitrogens is 1. The summed E-state index contributed by atoms with van der Waals surface area (Å²) >= 11 is 0. The molecule has 1 atom stereocenters. The summed E-state index contributed by atoms with van der Waals surface area (Å²) in [5.41, 5.74) is 2.72. The molecule has 1 aliphatic heterocycles. The van der Waals surface area contributed by atoms with Crippen molar-refractivity contribution in [2.75, 3.05) is 24.6 Å². The van der Waals surface area contributed by atoms with E-state index in [0.29, 0.717) is 0 Å². The molecule has 1 aromatic rings. The van der Waals surface area contributed by atoms with Crippen molar-refractivity contribution < 1.29 is 9.47 Å². The maximum absolute atomic E-state index is 2.32. The van der Waals surface area contributed by atoms with Crippen LogP contribution in [0.25, 0.3) is 0 Å². The summed E-state index contributed by atoms with van der Waals surface area (Å²) in [4.78, 5) is 1.57. The zero-order chi connectivity index (χ0) is 14.2. The first-order valence-corrected chi connectivity index (χ1v) is 9.62. The number of allylic oxidation sites excluding steroid dienone is 2. The van der Waals surface area contributed by atoms with E-state index in [4.69, 9.17) is 0 Å². The second-order valence-corrected chi connectivity index (χ2v) is 7.85. The number of pyridine rings is 1. The summed E-state index contributed by atoms with van der Waals surface area (Å²) in [6.07, 6.45) is 11.2. The average molecular weight is 309 g/mol. The van der Waals surface area contributed by atoms with Crippen LogP contribution in [0.2, 0.25) is 0 Å². The van der Waals surface area contributed by atoms with Crippen LogP contribution in [0.4, 0.5) is 0 Å². The average Bonchev–Trinajstić information content (AvgIpc) is 2.46. The van der Waals surface area contributed by atoms with Gasteiger partial charge in [0.25, 0.3) is 0 Å². The van der Waals surface area contributed by atoms with Gasteiger partial charge >= 0.3 is 0 Å². The molecular weight excluding hydrogens is 284 g/mol. The van der Waals surface area contributed by atoms with Crippen molar-refractivity contribution in [2.24, 2.45) is 0 Å². The maximum Gasteiger partial charge on any atom is 0.169 e. The molecule has 108 valence electrons. The third-order valence-corrected chi connectivity index (χ3v) is 5.74. The standard InChI is InChI=1S/C16H23N2S2/c1-15-3-7-17(8-4-15)11-13-19-20-14-12-18-9-5-16(2)6-10-18/h3-9H,10-14H2,1-2H3/q+1/p+1. The van der Waals surface area contributed by atoms with Crippen molar-refractivity contribution >= 4 is 21.6 Å². The largest absolute Gasteiger partial charge is 0.305 e. The van der Waals surface area contributed by atoms with Gasteiger partial charge in [-0.15, -0.1) is 0 Å². The summed E-state index contributed by atoms with van der Waals surface area (Å²) in [5.74, 6) is 2.39. The maximum atomic E-state index is 2.32. The van der Waals surface area contributed by atoms with Crippen molar-refractivity contribution in [3.63, 3.8) is 0 Å². The second-order valence-electron chi connectivity index (χ2n) is 5.15. The van der Waals surface area contributed by atoms with E-state index in [0.717, 1.165) is 13.1 Å². The summed E-state index contributed by atoms with van der Waals surface area (Å²) in [6.45, 7) is 7.75. The topological polar surface area (TPSA) is 8.32 Å². The lowest BCUT2D eigenvalue weighted by Gasteiger charge is -2.15. The van der Waals surface area contributed by atoms with Gasteiger partial charge in [-0.25, -0.2) is 4.57 Å². The first kappa shape index (κ1) is 15.7. The minimum Gasteiger partial charge on any atom is -0.305 e. The van der Waals surface area contributed by atoms with E-state index in [2.05, 4.69) is 61.3 Å². The van der Waals surface area contributed by atoms with Gasteiger partial charge in [-0.05, 0) is 37.1 Å². The fraction of sp³-hybridized carbons (Fsp3) is 0.438. The highest BCUT2D eigenvalue weighted by molar-refractivity contribution is 8.76. The van der Waals surface area contributed by atoms with Gasteiger partial charge in [-0.3, -0.25) is 0 Å². The Morgan fingerprint density at radius 1 is 1.15 bits per heavy atom. The van der Waals surface area contributed by atoms with Gasteiger partial charge < -0.3 is 4.90 Å². The quantitative estimate of drug-likeness (QED) is 0.468. The SMILES string of the molecule is CC1=CC[NH+](CCSSCC[n+]2ccc(C)cc2)C=C1. The molecule has 1 unspecified atom stereocenters. The van der Waals surface area contributed by atoms with Crippen LogP contribution in [0, 0.1) is 6.92 Å². The van der Waals surface area contributed by atoms with Crippen molar-refractivity contribution in [1.29, 1.82) is 0 Å². The predicted molar refractivity (Wildman–Crippen MR) is 89.9 cm³/mol. The predicted octanol–water partition coefficient (Wildman–Crippen LogP) is 2.02. The molecule has 2 nitrogen and oxygen atoms in total. The molecule has 0 saturated heterocycles. The van der Waals surface area contributed by atoms with Crippen LogP contribution < -0.4 is 9.47 Å². The van der Waals surface area contributed by atoms with Crippen molar-refractivity contribution in [3.05, 3.63) is 54.0 Å². The van der Waals surface area contributed by atoms with Crippen molar-refractivity contribution in [3.8, 4) is 0 Å². The minimum atomic E-state index is 1.09. The Morgan fingerprint density at radius 3 is 2.60 bits per heavy atom. The highest BCUT2D eigenvalue weighted by Gasteiger charge is 2.07. The second kappa shape index (κ2) is 8.55. The zero-order valence-corrected chi connectivity index (χ0v) is 14.0. The van der Waals surface area contributed by atoms with E-state index < -0.39 is 0 Å². The van der Waals surface area contributed by atoms with Gasteiger partial charge in [0.15, 0.2) is 18.9 Å². The molecule has 0 radical (unpaired) electrons. The third-order valence-electron chi connectivity index (χ3n) is 3.35. The Balaban J connectivity index is 1.52. The van der Waals surface area contributed by atoms with Gasteiger partial charge in [0.2, 0.25) is 0 Å². The number of quaternary nitrogens is 1.